The second kappa shape index (κ2) is 9.40. The molecule has 3 aliphatic heterocycles. The molecule has 0 radical (unpaired) electrons. The SMILES string of the molecule is O=C(NCCN1CCCC1)c1ccc2c(c1)N(Cc1cc(F)cc3c1OCOC3)C(=O)/C2=N\O. The lowest BCUT2D eigenvalue weighted by Gasteiger charge is -2.24. The number of rotatable bonds is 6. The zero-order valence-corrected chi connectivity index (χ0v) is 18.6. The number of hydrogen-bond donors (Lipinski definition) is 2. The molecule has 0 aliphatic carbocycles. The number of hydrogen-bond acceptors (Lipinski definition) is 7. The first-order valence-electron chi connectivity index (χ1n) is 11.3. The van der Waals surface area contributed by atoms with Crippen molar-refractivity contribution in [2.75, 3.05) is 37.9 Å². The van der Waals surface area contributed by atoms with Gasteiger partial charge in [-0.05, 0) is 56.3 Å². The Balaban J connectivity index is 1.39. The van der Waals surface area contributed by atoms with Crippen LogP contribution >= 0.6 is 0 Å². The van der Waals surface area contributed by atoms with Gasteiger partial charge in [-0.25, -0.2) is 4.39 Å². The van der Waals surface area contributed by atoms with Crippen molar-refractivity contribution in [1.82, 2.24) is 10.2 Å². The maximum Gasteiger partial charge on any atom is 0.281 e. The molecule has 2 aromatic carbocycles. The number of fused-ring (bicyclic) bond motifs is 2. The highest BCUT2D eigenvalue weighted by molar-refractivity contribution is 6.54. The van der Waals surface area contributed by atoms with E-state index in [0.717, 1.165) is 19.6 Å². The smallest absolute Gasteiger partial charge is 0.281 e. The van der Waals surface area contributed by atoms with Gasteiger partial charge in [0.15, 0.2) is 12.5 Å². The van der Waals surface area contributed by atoms with Gasteiger partial charge in [0.05, 0.1) is 18.8 Å². The van der Waals surface area contributed by atoms with Crippen LogP contribution in [-0.2, 0) is 22.7 Å². The molecular formula is C24H25FN4O5. The van der Waals surface area contributed by atoms with Gasteiger partial charge in [0.25, 0.3) is 11.8 Å². The summed E-state index contributed by atoms with van der Waals surface area (Å²) >= 11 is 0. The van der Waals surface area contributed by atoms with Crippen LogP contribution in [0, 0.1) is 5.82 Å². The predicted molar refractivity (Wildman–Crippen MR) is 121 cm³/mol. The van der Waals surface area contributed by atoms with Crippen molar-refractivity contribution in [2.24, 2.45) is 5.16 Å². The number of oxime groups is 1. The maximum absolute atomic E-state index is 14.2. The molecule has 178 valence electrons. The lowest BCUT2D eigenvalue weighted by atomic mass is 10.1. The molecule has 1 fully saturated rings. The molecule has 3 heterocycles. The number of carbonyl (C=O) groups is 2. The van der Waals surface area contributed by atoms with Gasteiger partial charge in [0, 0.05) is 35.3 Å². The second-order valence-electron chi connectivity index (χ2n) is 8.54. The normalized spacial score (nSPS) is 18.7. The highest BCUT2D eigenvalue weighted by atomic mass is 19.1. The molecule has 1 saturated heterocycles. The zero-order valence-electron chi connectivity index (χ0n) is 18.6. The Hall–Kier alpha value is -3.50. The first kappa shape index (κ1) is 22.3. The van der Waals surface area contributed by atoms with Gasteiger partial charge in [0.1, 0.15) is 11.6 Å². The van der Waals surface area contributed by atoms with Crippen molar-refractivity contribution in [1.29, 1.82) is 0 Å². The topological polar surface area (TPSA) is 104 Å². The van der Waals surface area contributed by atoms with Crippen LogP contribution in [-0.4, -0.2) is 60.6 Å². The summed E-state index contributed by atoms with van der Waals surface area (Å²) in [6.45, 7) is 3.62. The molecule has 2 N–H and O–H groups in total. The number of nitrogens with zero attached hydrogens (tertiary/aromatic N) is 3. The second-order valence-corrected chi connectivity index (χ2v) is 8.54. The van der Waals surface area contributed by atoms with Crippen molar-refractivity contribution < 1.29 is 28.7 Å². The third-order valence-corrected chi connectivity index (χ3v) is 6.35. The minimum absolute atomic E-state index is 0.0228. The standard InChI is InChI=1S/C24H25FN4O5/c25-18-9-16(22-17(10-18)13-33-14-34-22)12-29-20-11-15(3-4-19(20)21(27-32)24(29)31)23(30)26-5-8-28-6-1-2-7-28/h3-4,9-11,32H,1-2,5-8,12-14H2,(H,26,30)/b27-21-. The van der Waals surface area contributed by atoms with Crippen LogP contribution in [0.3, 0.4) is 0 Å². The van der Waals surface area contributed by atoms with Crippen LogP contribution in [0.5, 0.6) is 5.75 Å². The molecule has 34 heavy (non-hydrogen) atoms. The van der Waals surface area contributed by atoms with E-state index in [1.165, 1.54) is 29.9 Å². The molecule has 10 heteroatoms. The average Bonchev–Trinajstić information content (AvgIpc) is 3.45. The van der Waals surface area contributed by atoms with Gasteiger partial charge in [-0.2, -0.15) is 0 Å². The summed E-state index contributed by atoms with van der Waals surface area (Å²) in [6.07, 6.45) is 2.37. The molecule has 0 unspecified atom stereocenters. The van der Waals surface area contributed by atoms with E-state index in [1.807, 2.05) is 0 Å². The molecule has 0 saturated carbocycles. The molecule has 3 aliphatic rings. The Morgan fingerprint density at radius 3 is 2.82 bits per heavy atom. The van der Waals surface area contributed by atoms with E-state index >= 15 is 0 Å². The van der Waals surface area contributed by atoms with Crippen molar-refractivity contribution >= 4 is 23.2 Å². The molecular weight excluding hydrogens is 443 g/mol. The fourth-order valence-electron chi connectivity index (χ4n) is 4.68. The van der Waals surface area contributed by atoms with E-state index in [-0.39, 0.29) is 31.6 Å². The fraction of sp³-hybridized carbons (Fsp3) is 0.375. The van der Waals surface area contributed by atoms with Gasteiger partial charge in [-0.1, -0.05) is 5.16 Å². The molecule has 2 aromatic rings. The minimum Gasteiger partial charge on any atom is -0.467 e. The fourth-order valence-corrected chi connectivity index (χ4v) is 4.68. The van der Waals surface area contributed by atoms with Gasteiger partial charge < -0.3 is 29.8 Å². The summed E-state index contributed by atoms with van der Waals surface area (Å²) in [4.78, 5) is 29.4. The highest BCUT2D eigenvalue weighted by Gasteiger charge is 2.36. The third kappa shape index (κ3) is 4.22. The Morgan fingerprint density at radius 2 is 2.03 bits per heavy atom. The minimum atomic E-state index is -0.547. The van der Waals surface area contributed by atoms with E-state index in [2.05, 4.69) is 15.4 Å². The van der Waals surface area contributed by atoms with Gasteiger partial charge in [-0.15, -0.1) is 0 Å². The van der Waals surface area contributed by atoms with Gasteiger partial charge in [-0.3, -0.25) is 9.59 Å². The van der Waals surface area contributed by atoms with Crippen molar-refractivity contribution in [3.63, 3.8) is 0 Å². The summed E-state index contributed by atoms with van der Waals surface area (Å²) in [6, 6.07) is 7.41. The molecule has 0 spiro atoms. The lowest BCUT2D eigenvalue weighted by molar-refractivity contribution is -0.112. The largest absolute Gasteiger partial charge is 0.467 e. The van der Waals surface area contributed by atoms with Crippen LogP contribution in [0.1, 0.15) is 39.9 Å². The van der Waals surface area contributed by atoms with E-state index in [1.54, 1.807) is 18.2 Å². The van der Waals surface area contributed by atoms with Crippen LogP contribution in [0.15, 0.2) is 35.5 Å². The Kier molecular flexibility index (Phi) is 6.16. The Morgan fingerprint density at radius 1 is 1.21 bits per heavy atom. The highest BCUT2D eigenvalue weighted by Crippen LogP contribution is 2.36. The molecule has 0 bridgehead atoms. The summed E-state index contributed by atoms with van der Waals surface area (Å²) in [7, 11) is 0. The molecule has 0 aromatic heterocycles. The van der Waals surface area contributed by atoms with Crippen LogP contribution < -0.4 is 15.0 Å². The number of carbonyl (C=O) groups excluding carboxylic acids is 2. The van der Waals surface area contributed by atoms with E-state index in [4.69, 9.17) is 9.47 Å². The van der Waals surface area contributed by atoms with Crippen molar-refractivity contribution in [2.45, 2.75) is 26.0 Å². The van der Waals surface area contributed by atoms with Crippen molar-refractivity contribution in [3.05, 3.63) is 58.4 Å². The first-order chi connectivity index (χ1) is 16.5. The lowest BCUT2D eigenvalue weighted by Crippen LogP contribution is -2.33. The first-order valence-corrected chi connectivity index (χ1v) is 11.3. The van der Waals surface area contributed by atoms with Crippen LogP contribution in [0.4, 0.5) is 10.1 Å². The van der Waals surface area contributed by atoms with Crippen molar-refractivity contribution in [3.8, 4) is 5.75 Å². The van der Waals surface area contributed by atoms with Crippen LogP contribution in [0.25, 0.3) is 0 Å². The summed E-state index contributed by atoms with van der Waals surface area (Å²) in [5.41, 5.74) is 2.06. The van der Waals surface area contributed by atoms with Gasteiger partial charge in [0.2, 0.25) is 0 Å². The zero-order chi connectivity index (χ0) is 23.7. The summed E-state index contributed by atoms with van der Waals surface area (Å²) < 4.78 is 25.0. The van der Waals surface area contributed by atoms with Gasteiger partial charge >= 0.3 is 0 Å². The number of anilines is 1. The number of nitrogens with one attached hydrogen (secondary N) is 1. The number of benzene rings is 2. The van der Waals surface area contributed by atoms with E-state index < -0.39 is 11.7 Å². The van der Waals surface area contributed by atoms with Crippen LogP contribution in [0.2, 0.25) is 0 Å². The third-order valence-electron chi connectivity index (χ3n) is 6.35. The summed E-state index contributed by atoms with van der Waals surface area (Å²) in [5, 5.41) is 15.5. The Bertz CT molecular complexity index is 1160. The number of likely N-dealkylation sites (tertiary alicyclic amines) is 1. The number of halogens is 1. The quantitative estimate of drug-likeness (QED) is 0.498. The predicted octanol–water partition coefficient (Wildman–Crippen LogP) is 2.24. The average molecular weight is 468 g/mol. The maximum atomic E-state index is 14.2. The molecule has 9 nitrogen and oxygen atoms in total. The van der Waals surface area contributed by atoms with E-state index in [9.17, 15) is 19.2 Å². The summed E-state index contributed by atoms with van der Waals surface area (Å²) in [5.74, 6) is -0.814. The monoisotopic (exact) mass is 468 g/mol. The number of ether oxygens (including phenoxy) is 2. The molecule has 0 atom stereocenters. The van der Waals surface area contributed by atoms with E-state index in [0.29, 0.717) is 40.2 Å². The molecule has 2 amide bonds. The number of amides is 2. The Labute approximate surface area is 195 Å². The molecule has 5 rings (SSSR count).